The summed E-state index contributed by atoms with van der Waals surface area (Å²) in [7, 11) is 0. The fraction of sp³-hybridized carbons (Fsp3) is 0.600. The molecule has 1 saturated heterocycles. The first kappa shape index (κ1) is 17.9. The van der Waals surface area contributed by atoms with E-state index < -0.39 is 0 Å². The van der Waals surface area contributed by atoms with Crippen LogP contribution in [0, 0.1) is 17.3 Å². The van der Waals surface area contributed by atoms with Gasteiger partial charge in [-0.3, -0.25) is 4.79 Å². The van der Waals surface area contributed by atoms with Gasteiger partial charge in [-0.05, 0) is 36.8 Å². The van der Waals surface area contributed by atoms with Crippen LogP contribution < -0.4 is 10.2 Å². The van der Waals surface area contributed by atoms with Crippen LogP contribution in [0.5, 0.6) is 0 Å². The normalized spacial score (nSPS) is 24.6. The summed E-state index contributed by atoms with van der Waals surface area (Å²) in [5.74, 6) is 1.54. The van der Waals surface area contributed by atoms with Crippen LogP contribution in [0.25, 0.3) is 0 Å². The molecule has 5 nitrogen and oxygen atoms in total. The zero-order valence-electron chi connectivity index (χ0n) is 15.7. The zero-order chi connectivity index (χ0) is 18.0. The van der Waals surface area contributed by atoms with Gasteiger partial charge in [0.15, 0.2) is 0 Å². The molecule has 0 radical (unpaired) electrons. The lowest BCUT2D eigenvalue weighted by Gasteiger charge is -2.27. The van der Waals surface area contributed by atoms with Crippen LogP contribution in [-0.2, 0) is 16.1 Å². The highest BCUT2D eigenvalue weighted by atomic mass is 16.5. The van der Waals surface area contributed by atoms with Crippen molar-refractivity contribution in [2.24, 2.45) is 17.3 Å². The van der Waals surface area contributed by atoms with E-state index in [2.05, 4.69) is 49.0 Å². The Morgan fingerprint density at radius 1 is 1.36 bits per heavy atom. The summed E-state index contributed by atoms with van der Waals surface area (Å²) in [4.78, 5) is 19.3. The first-order valence-electron chi connectivity index (χ1n) is 9.10. The van der Waals surface area contributed by atoms with Crippen molar-refractivity contribution in [3.8, 4) is 0 Å². The maximum absolute atomic E-state index is 12.5. The molecule has 2 fully saturated rings. The number of carbonyl (C=O) groups is 1. The van der Waals surface area contributed by atoms with Gasteiger partial charge in [-0.2, -0.15) is 0 Å². The minimum Gasteiger partial charge on any atom is -0.378 e. The van der Waals surface area contributed by atoms with E-state index in [-0.39, 0.29) is 17.2 Å². The molecule has 136 valence electrons. The number of rotatable bonds is 5. The van der Waals surface area contributed by atoms with Crippen molar-refractivity contribution in [1.82, 2.24) is 10.3 Å². The van der Waals surface area contributed by atoms with Gasteiger partial charge in [0.2, 0.25) is 5.91 Å². The van der Waals surface area contributed by atoms with Crippen LogP contribution in [-0.4, -0.2) is 37.2 Å². The van der Waals surface area contributed by atoms with Crippen molar-refractivity contribution in [3.63, 3.8) is 0 Å². The predicted octanol–water partition coefficient (Wildman–Crippen LogP) is 2.77. The summed E-state index contributed by atoms with van der Waals surface area (Å²) in [6, 6.07) is 4.07. The molecule has 1 aliphatic heterocycles. The summed E-state index contributed by atoms with van der Waals surface area (Å²) in [6.07, 6.45) is 4.08. The molecule has 1 aromatic rings. The topological polar surface area (TPSA) is 54.5 Å². The standard InChI is InChI=1S/C20H29N3O2/c1-14(2)11-16-18(20(16,3)4)19(24)22-13-15-5-6-17(21-12-15)23-7-9-25-10-8-23/h5-6,11-12,16,18H,7-10,13H2,1-4H3,(H,22,24)/t16-,18+/m0/s1. The van der Waals surface area contributed by atoms with E-state index in [1.54, 1.807) is 0 Å². The lowest BCUT2D eigenvalue weighted by molar-refractivity contribution is -0.123. The molecule has 1 aliphatic carbocycles. The number of carbonyl (C=O) groups excluding carboxylic acids is 1. The number of ether oxygens (including phenoxy) is 1. The number of pyridine rings is 1. The third-order valence-corrected chi connectivity index (χ3v) is 5.32. The number of morpholine rings is 1. The maximum atomic E-state index is 12.5. The van der Waals surface area contributed by atoms with Gasteiger partial charge in [-0.1, -0.05) is 31.6 Å². The van der Waals surface area contributed by atoms with Gasteiger partial charge in [0.05, 0.1) is 19.1 Å². The van der Waals surface area contributed by atoms with Gasteiger partial charge in [0.25, 0.3) is 0 Å². The first-order chi connectivity index (χ1) is 11.9. The van der Waals surface area contributed by atoms with E-state index >= 15 is 0 Å². The Kier molecular flexibility index (Phi) is 5.13. The third kappa shape index (κ3) is 4.03. The second-order valence-corrected chi connectivity index (χ2v) is 7.91. The van der Waals surface area contributed by atoms with Crippen molar-refractivity contribution in [1.29, 1.82) is 0 Å². The molecule has 25 heavy (non-hydrogen) atoms. The number of nitrogens with zero attached hydrogens (tertiary/aromatic N) is 2. The van der Waals surface area contributed by atoms with Crippen LogP contribution in [0.3, 0.4) is 0 Å². The summed E-state index contributed by atoms with van der Waals surface area (Å²) >= 11 is 0. The summed E-state index contributed by atoms with van der Waals surface area (Å²) in [5, 5.41) is 3.08. The molecule has 1 amide bonds. The lowest BCUT2D eigenvalue weighted by atomic mass is 10.1. The largest absolute Gasteiger partial charge is 0.378 e. The molecular weight excluding hydrogens is 314 g/mol. The molecule has 3 rings (SSSR count). The van der Waals surface area contributed by atoms with E-state index in [0.29, 0.717) is 12.5 Å². The number of hydrogen-bond donors (Lipinski definition) is 1. The summed E-state index contributed by atoms with van der Waals surface area (Å²) in [6.45, 7) is 12.3. The average molecular weight is 343 g/mol. The molecule has 2 atom stereocenters. The SMILES string of the molecule is CC(C)=C[C@H]1[C@H](C(=O)NCc2ccc(N3CCOCC3)nc2)C1(C)C. The Hall–Kier alpha value is -1.88. The number of aromatic nitrogens is 1. The molecule has 0 aromatic carbocycles. The molecule has 1 aromatic heterocycles. The van der Waals surface area contributed by atoms with Crippen molar-refractivity contribution < 1.29 is 9.53 Å². The molecule has 0 unspecified atom stereocenters. The van der Waals surface area contributed by atoms with Gasteiger partial charge in [0, 0.05) is 25.8 Å². The van der Waals surface area contributed by atoms with E-state index in [1.807, 2.05) is 18.3 Å². The van der Waals surface area contributed by atoms with Crippen LogP contribution in [0.15, 0.2) is 30.0 Å². The van der Waals surface area contributed by atoms with E-state index in [0.717, 1.165) is 37.7 Å². The van der Waals surface area contributed by atoms with Gasteiger partial charge in [-0.15, -0.1) is 0 Å². The molecule has 2 heterocycles. The number of hydrogen-bond acceptors (Lipinski definition) is 4. The molecule has 0 bridgehead atoms. The van der Waals surface area contributed by atoms with E-state index in [1.165, 1.54) is 5.57 Å². The van der Waals surface area contributed by atoms with Crippen LogP contribution in [0.2, 0.25) is 0 Å². The Labute approximate surface area is 150 Å². The monoisotopic (exact) mass is 343 g/mol. The zero-order valence-corrected chi connectivity index (χ0v) is 15.7. The minimum atomic E-state index is 0.0554. The highest BCUT2D eigenvalue weighted by Crippen LogP contribution is 2.59. The fourth-order valence-electron chi connectivity index (χ4n) is 3.65. The number of anilines is 1. The Bertz CT molecular complexity index is 641. The number of allylic oxidation sites excluding steroid dienone is 2. The van der Waals surface area contributed by atoms with E-state index in [9.17, 15) is 4.79 Å². The third-order valence-electron chi connectivity index (χ3n) is 5.32. The highest BCUT2D eigenvalue weighted by molar-refractivity contribution is 5.83. The lowest BCUT2D eigenvalue weighted by Crippen LogP contribution is -2.36. The molecule has 0 spiro atoms. The minimum absolute atomic E-state index is 0.0554. The first-order valence-corrected chi connectivity index (χ1v) is 9.10. The second kappa shape index (κ2) is 7.16. The quantitative estimate of drug-likeness (QED) is 0.835. The predicted molar refractivity (Wildman–Crippen MR) is 99.3 cm³/mol. The van der Waals surface area contributed by atoms with Crippen LogP contribution in [0.4, 0.5) is 5.82 Å². The number of nitrogens with one attached hydrogen (secondary N) is 1. The molecule has 5 heteroatoms. The van der Waals surface area contributed by atoms with Crippen LogP contribution >= 0.6 is 0 Å². The average Bonchev–Trinajstić information content (AvgIpc) is 3.13. The van der Waals surface area contributed by atoms with Gasteiger partial charge >= 0.3 is 0 Å². The van der Waals surface area contributed by atoms with Crippen molar-refractivity contribution in [2.75, 3.05) is 31.2 Å². The van der Waals surface area contributed by atoms with Crippen molar-refractivity contribution >= 4 is 11.7 Å². The Morgan fingerprint density at radius 2 is 2.08 bits per heavy atom. The summed E-state index contributed by atoms with van der Waals surface area (Å²) in [5.41, 5.74) is 2.36. The molecule has 2 aliphatic rings. The number of amides is 1. The Balaban J connectivity index is 1.53. The van der Waals surface area contributed by atoms with Gasteiger partial charge < -0.3 is 15.0 Å². The fourth-order valence-corrected chi connectivity index (χ4v) is 3.65. The summed E-state index contributed by atoms with van der Waals surface area (Å²) < 4.78 is 5.37. The van der Waals surface area contributed by atoms with E-state index in [4.69, 9.17) is 4.74 Å². The molecular formula is C20H29N3O2. The molecule has 1 saturated carbocycles. The maximum Gasteiger partial charge on any atom is 0.224 e. The van der Waals surface area contributed by atoms with Gasteiger partial charge in [0.1, 0.15) is 5.82 Å². The van der Waals surface area contributed by atoms with Crippen molar-refractivity contribution in [3.05, 3.63) is 35.5 Å². The van der Waals surface area contributed by atoms with Crippen molar-refractivity contribution in [2.45, 2.75) is 34.2 Å². The highest BCUT2D eigenvalue weighted by Gasteiger charge is 2.60. The Morgan fingerprint density at radius 3 is 2.68 bits per heavy atom. The van der Waals surface area contributed by atoms with Gasteiger partial charge in [-0.25, -0.2) is 4.98 Å². The smallest absolute Gasteiger partial charge is 0.224 e. The van der Waals surface area contributed by atoms with Crippen LogP contribution in [0.1, 0.15) is 33.3 Å². The molecule has 1 N–H and O–H groups in total. The second-order valence-electron chi connectivity index (χ2n) is 7.91.